The molecule has 6 heteroatoms. The van der Waals surface area contributed by atoms with Crippen molar-refractivity contribution in [3.05, 3.63) is 97.2 Å². The summed E-state index contributed by atoms with van der Waals surface area (Å²) in [6.07, 6.45) is 66.1. The Morgan fingerprint density at radius 3 is 0.984 bits per heavy atom. The lowest BCUT2D eigenvalue weighted by molar-refractivity contribution is -0.167. The Morgan fingerprint density at radius 2 is 0.629 bits per heavy atom. The second kappa shape index (κ2) is 50.0. The van der Waals surface area contributed by atoms with Gasteiger partial charge in [0.1, 0.15) is 13.2 Å². The van der Waals surface area contributed by atoms with E-state index in [9.17, 15) is 14.4 Å². The molecule has 0 saturated heterocycles. The molecule has 0 aliphatic carbocycles. The van der Waals surface area contributed by atoms with E-state index in [1.165, 1.54) is 57.8 Å². The number of carbonyl (C=O) groups excluding carboxylic acids is 3. The predicted molar refractivity (Wildman–Crippen MR) is 265 cm³/mol. The van der Waals surface area contributed by atoms with Crippen molar-refractivity contribution in [2.75, 3.05) is 13.2 Å². The number of allylic oxidation sites excluding steroid dienone is 16. The van der Waals surface area contributed by atoms with Gasteiger partial charge < -0.3 is 14.2 Å². The van der Waals surface area contributed by atoms with Crippen LogP contribution in [0.25, 0.3) is 0 Å². The second-order valence-electron chi connectivity index (χ2n) is 16.4. The number of carbonyl (C=O) groups is 3. The summed E-state index contributed by atoms with van der Waals surface area (Å²) >= 11 is 0. The van der Waals surface area contributed by atoms with Gasteiger partial charge in [0.25, 0.3) is 0 Å². The summed E-state index contributed by atoms with van der Waals surface area (Å²) in [6.45, 7) is 6.35. The van der Waals surface area contributed by atoms with Crippen molar-refractivity contribution in [3.63, 3.8) is 0 Å². The summed E-state index contributed by atoms with van der Waals surface area (Å²) in [5.74, 6) is -0.920. The van der Waals surface area contributed by atoms with E-state index < -0.39 is 6.10 Å². The van der Waals surface area contributed by atoms with Gasteiger partial charge in [-0.15, -0.1) is 0 Å². The van der Waals surface area contributed by atoms with Crippen LogP contribution in [-0.4, -0.2) is 37.2 Å². The molecule has 0 fully saturated rings. The number of hydrogen-bond acceptors (Lipinski definition) is 6. The average Bonchev–Trinajstić information content (AvgIpc) is 3.27. The maximum atomic E-state index is 12.5. The van der Waals surface area contributed by atoms with Gasteiger partial charge in [-0.3, -0.25) is 14.4 Å². The molecule has 0 aromatic carbocycles. The monoisotopic (exact) mass is 861 g/mol. The molecule has 1 atom stereocenters. The van der Waals surface area contributed by atoms with E-state index in [4.69, 9.17) is 14.2 Å². The smallest absolute Gasteiger partial charge is 0.306 e. The van der Waals surface area contributed by atoms with E-state index in [2.05, 4.69) is 118 Å². The largest absolute Gasteiger partial charge is 0.462 e. The lowest BCUT2D eigenvalue weighted by Crippen LogP contribution is -2.30. The molecule has 0 spiro atoms. The standard InChI is InChI=1S/C56H92O6/c1-4-7-10-13-15-16-17-18-19-20-21-22-23-24-25-26-27-28-29-30-31-32-33-34-35-36-37-38-39-40-41-44-46-49-55(58)61-52-53(51-60-54(57)48-45-42-12-9-6-3)62-56(59)50-47-43-14-11-8-5-2/h7,10,15-16,18-19,21-22,24-25,27-28,30-31,33-34,53H,4-6,8-9,11-14,17,20,23,26,29,32,35-52H2,1-3H3/b10-7-,16-15-,19-18-,22-21-,25-24-,28-27-,31-30-,34-33-. The molecule has 0 radical (unpaired) electrons. The number of ether oxygens (including phenoxy) is 3. The van der Waals surface area contributed by atoms with E-state index >= 15 is 0 Å². The topological polar surface area (TPSA) is 78.9 Å². The van der Waals surface area contributed by atoms with Crippen LogP contribution < -0.4 is 0 Å². The Bertz CT molecular complexity index is 1260. The van der Waals surface area contributed by atoms with E-state index in [0.717, 1.165) is 122 Å². The fourth-order valence-corrected chi connectivity index (χ4v) is 6.57. The summed E-state index contributed by atoms with van der Waals surface area (Å²) in [5, 5.41) is 0. The Labute approximate surface area is 381 Å². The van der Waals surface area contributed by atoms with Gasteiger partial charge >= 0.3 is 17.9 Å². The average molecular weight is 861 g/mol. The zero-order chi connectivity index (χ0) is 45.1. The van der Waals surface area contributed by atoms with Crippen molar-refractivity contribution in [1.29, 1.82) is 0 Å². The zero-order valence-corrected chi connectivity index (χ0v) is 40.1. The highest BCUT2D eigenvalue weighted by molar-refractivity contribution is 5.71. The normalized spacial score (nSPS) is 12.9. The summed E-state index contributed by atoms with van der Waals surface area (Å²) in [5.41, 5.74) is 0. The maximum Gasteiger partial charge on any atom is 0.306 e. The third kappa shape index (κ3) is 47.4. The van der Waals surface area contributed by atoms with Gasteiger partial charge in [0.2, 0.25) is 0 Å². The minimum atomic E-state index is -0.771. The molecular formula is C56H92O6. The molecule has 0 aliphatic heterocycles. The molecule has 62 heavy (non-hydrogen) atoms. The van der Waals surface area contributed by atoms with Crippen LogP contribution in [0.4, 0.5) is 0 Å². The van der Waals surface area contributed by atoms with Crippen LogP contribution >= 0.6 is 0 Å². The fourth-order valence-electron chi connectivity index (χ4n) is 6.57. The second-order valence-corrected chi connectivity index (χ2v) is 16.4. The van der Waals surface area contributed by atoms with Crippen LogP contribution in [-0.2, 0) is 28.6 Å². The summed E-state index contributed by atoms with van der Waals surface area (Å²) in [4.78, 5) is 37.3. The van der Waals surface area contributed by atoms with Crippen LogP contribution in [0.15, 0.2) is 97.2 Å². The third-order valence-corrected chi connectivity index (χ3v) is 10.4. The highest BCUT2D eigenvalue weighted by atomic mass is 16.6. The quantitative estimate of drug-likeness (QED) is 0.0263. The summed E-state index contributed by atoms with van der Waals surface area (Å²) < 4.78 is 16.5. The molecule has 352 valence electrons. The Balaban J connectivity index is 3.94. The first-order chi connectivity index (χ1) is 30.5. The molecule has 0 heterocycles. The Kier molecular flexibility index (Phi) is 47.0. The minimum Gasteiger partial charge on any atom is -0.462 e. The summed E-state index contributed by atoms with van der Waals surface area (Å²) in [6, 6.07) is 0. The van der Waals surface area contributed by atoms with Crippen molar-refractivity contribution < 1.29 is 28.6 Å². The maximum absolute atomic E-state index is 12.5. The van der Waals surface area contributed by atoms with E-state index in [1.807, 2.05) is 0 Å². The summed E-state index contributed by atoms with van der Waals surface area (Å²) in [7, 11) is 0. The minimum absolute atomic E-state index is 0.0801. The predicted octanol–water partition coefficient (Wildman–Crippen LogP) is 16.6. The van der Waals surface area contributed by atoms with Crippen LogP contribution in [0, 0.1) is 0 Å². The van der Waals surface area contributed by atoms with Crippen molar-refractivity contribution in [3.8, 4) is 0 Å². The molecule has 0 aliphatic rings. The van der Waals surface area contributed by atoms with Gasteiger partial charge in [0.05, 0.1) is 0 Å². The lowest BCUT2D eigenvalue weighted by Gasteiger charge is -2.18. The molecule has 0 aromatic rings. The highest BCUT2D eigenvalue weighted by Crippen LogP contribution is 2.13. The van der Waals surface area contributed by atoms with Gasteiger partial charge in [0.15, 0.2) is 6.10 Å². The first-order valence-electron chi connectivity index (χ1n) is 25.2. The molecule has 0 N–H and O–H groups in total. The number of hydrogen-bond donors (Lipinski definition) is 0. The number of esters is 3. The first-order valence-corrected chi connectivity index (χ1v) is 25.2. The molecule has 0 aromatic heterocycles. The zero-order valence-electron chi connectivity index (χ0n) is 40.1. The van der Waals surface area contributed by atoms with Gasteiger partial charge in [-0.2, -0.15) is 0 Å². The number of rotatable bonds is 44. The van der Waals surface area contributed by atoms with Crippen LogP contribution in [0.3, 0.4) is 0 Å². The Hall–Kier alpha value is -3.67. The Morgan fingerprint density at radius 1 is 0.339 bits per heavy atom. The third-order valence-electron chi connectivity index (χ3n) is 10.4. The van der Waals surface area contributed by atoms with E-state index in [0.29, 0.717) is 19.3 Å². The molecule has 1 unspecified atom stereocenters. The molecule has 0 saturated carbocycles. The van der Waals surface area contributed by atoms with E-state index in [-0.39, 0.29) is 31.1 Å². The highest BCUT2D eigenvalue weighted by Gasteiger charge is 2.19. The SMILES string of the molecule is CC/C=C\C/C=C\C/C=C\C/C=C\C/C=C\C/C=C\C/C=C\C/C=C\CCCCCCCCCCC(=O)OCC(COC(=O)CCCCCCC)OC(=O)CCCCCCCC. The van der Waals surface area contributed by atoms with Gasteiger partial charge in [-0.05, 0) is 83.5 Å². The van der Waals surface area contributed by atoms with Crippen molar-refractivity contribution >= 4 is 17.9 Å². The molecular weight excluding hydrogens is 769 g/mol. The van der Waals surface area contributed by atoms with E-state index in [1.54, 1.807) is 0 Å². The van der Waals surface area contributed by atoms with Crippen LogP contribution in [0.2, 0.25) is 0 Å². The van der Waals surface area contributed by atoms with Crippen LogP contribution in [0.1, 0.15) is 220 Å². The van der Waals surface area contributed by atoms with Crippen molar-refractivity contribution in [2.24, 2.45) is 0 Å². The molecule has 0 rings (SSSR count). The number of unbranched alkanes of at least 4 members (excludes halogenated alkanes) is 17. The first kappa shape index (κ1) is 58.3. The van der Waals surface area contributed by atoms with Crippen molar-refractivity contribution in [2.45, 2.75) is 226 Å². The van der Waals surface area contributed by atoms with Crippen molar-refractivity contribution in [1.82, 2.24) is 0 Å². The van der Waals surface area contributed by atoms with Gasteiger partial charge in [-0.25, -0.2) is 0 Å². The molecule has 0 amide bonds. The lowest BCUT2D eigenvalue weighted by atomic mass is 10.1. The fraction of sp³-hybridized carbons (Fsp3) is 0.661. The van der Waals surface area contributed by atoms with Crippen LogP contribution in [0.5, 0.6) is 0 Å². The van der Waals surface area contributed by atoms with Gasteiger partial charge in [-0.1, -0.05) is 214 Å². The van der Waals surface area contributed by atoms with Gasteiger partial charge in [0, 0.05) is 19.3 Å². The molecule has 6 nitrogen and oxygen atoms in total. The molecule has 0 bridgehead atoms.